The Kier molecular flexibility index (Phi) is 4.63. The number of rotatable bonds is 5. The van der Waals surface area contributed by atoms with Gasteiger partial charge in [-0.2, -0.15) is 5.10 Å². The lowest BCUT2D eigenvalue weighted by atomic mass is 9.65. The molecule has 108 valence electrons. The predicted molar refractivity (Wildman–Crippen MR) is 76.6 cm³/mol. The van der Waals surface area contributed by atoms with E-state index in [9.17, 15) is 5.11 Å². The molecular weight excluding hydrogens is 238 g/mol. The summed E-state index contributed by atoms with van der Waals surface area (Å²) >= 11 is 0. The van der Waals surface area contributed by atoms with Crippen LogP contribution in [0.3, 0.4) is 0 Å². The Balaban J connectivity index is 2.25. The maximum absolute atomic E-state index is 10.9. The van der Waals surface area contributed by atoms with Gasteiger partial charge in [0.25, 0.3) is 0 Å². The van der Waals surface area contributed by atoms with Gasteiger partial charge < -0.3 is 10.8 Å². The predicted octanol–water partition coefficient (Wildman–Crippen LogP) is 2.48. The zero-order valence-corrected chi connectivity index (χ0v) is 12.2. The molecule has 4 heteroatoms. The Morgan fingerprint density at radius 3 is 3.00 bits per heavy atom. The first kappa shape index (κ1) is 14.5. The third kappa shape index (κ3) is 2.70. The maximum atomic E-state index is 10.9. The van der Waals surface area contributed by atoms with Crippen molar-refractivity contribution in [1.82, 2.24) is 9.78 Å². The summed E-state index contributed by atoms with van der Waals surface area (Å²) in [7, 11) is 0. The van der Waals surface area contributed by atoms with Crippen molar-refractivity contribution in [2.75, 3.05) is 6.54 Å². The number of aliphatic hydroxyl groups excluding tert-OH is 1. The molecule has 0 saturated heterocycles. The minimum absolute atomic E-state index is 0.161. The molecule has 3 N–H and O–H groups in total. The van der Waals surface area contributed by atoms with Crippen LogP contribution in [0.2, 0.25) is 0 Å². The Labute approximate surface area is 116 Å². The second-order valence-corrected chi connectivity index (χ2v) is 5.91. The van der Waals surface area contributed by atoms with Gasteiger partial charge in [0.1, 0.15) is 6.10 Å². The molecule has 1 saturated carbocycles. The smallest absolute Gasteiger partial charge is 0.102 e. The monoisotopic (exact) mass is 265 g/mol. The van der Waals surface area contributed by atoms with Crippen molar-refractivity contribution < 1.29 is 5.11 Å². The maximum Gasteiger partial charge on any atom is 0.102 e. The van der Waals surface area contributed by atoms with Gasteiger partial charge in [-0.3, -0.25) is 4.68 Å². The van der Waals surface area contributed by atoms with Gasteiger partial charge in [-0.15, -0.1) is 0 Å². The molecule has 19 heavy (non-hydrogen) atoms. The third-order valence-electron chi connectivity index (χ3n) is 4.88. The van der Waals surface area contributed by atoms with Crippen LogP contribution in [0.5, 0.6) is 0 Å². The van der Waals surface area contributed by atoms with Crippen molar-refractivity contribution in [2.45, 2.75) is 58.6 Å². The van der Waals surface area contributed by atoms with Crippen LogP contribution in [-0.2, 0) is 6.54 Å². The molecule has 1 aromatic rings. The van der Waals surface area contributed by atoms with Crippen LogP contribution in [0, 0.1) is 11.3 Å². The SMILES string of the molecule is CCC1CCCC(CN)(C(O)c2ccnn2CC)C1. The summed E-state index contributed by atoms with van der Waals surface area (Å²) < 4.78 is 1.89. The fourth-order valence-corrected chi connectivity index (χ4v) is 3.57. The largest absolute Gasteiger partial charge is 0.386 e. The Bertz CT molecular complexity index is 404. The quantitative estimate of drug-likeness (QED) is 0.859. The van der Waals surface area contributed by atoms with Crippen molar-refractivity contribution in [3.05, 3.63) is 18.0 Å². The van der Waals surface area contributed by atoms with Crippen LogP contribution in [0.15, 0.2) is 12.3 Å². The average Bonchev–Trinajstić information content (AvgIpc) is 2.94. The highest BCUT2D eigenvalue weighted by Gasteiger charge is 2.42. The molecule has 0 amide bonds. The normalized spacial score (nSPS) is 29.4. The summed E-state index contributed by atoms with van der Waals surface area (Å²) in [6.45, 7) is 5.63. The fourth-order valence-electron chi connectivity index (χ4n) is 3.57. The molecule has 1 aliphatic rings. The van der Waals surface area contributed by atoms with Crippen LogP contribution in [-0.4, -0.2) is 21.4 Å². The van der Waals surface area contributed by atoms with E-state index in [1.807, 2.05) is 17.7 Å². The summed E-state index contributed by atoms with van der Waals surface area (Å²) in [5.74, 6) is 0.699. The number of nitrogens with zero attached hydrogens (tertiary/aromatic N) is 2. The van der Waals surface area contributed by atoms with E-state index < -0.39 is 6.10 Å². The van der Waals surface area contributed by atoms with Gasteiger partial charge in [-0.1, -0.05) is 26.2 Å². The first-order valence-electron chi connectivity index (χ1n) is 7.56. The van der Waals surface area contributed by atoms with E-state index in [-0.39, 0.29) is 5.41 Å². The van der Waals surface area contributed by atoms with E-state index in [0.717, 1.165) is 25.1 Å². The van der Waals surface area contributed by atoms with Crippen LogP contribution in [0.4, 0.5) is 0 Å². The number of aromatic nitrogens is 2. The van der Waals surface area contributed by atoms with E-state index >= 15 is 0 Å². The molecule has 0 aromatic carbocycles. The zero-order chi connectivity index (χ0) is 13.9. The summed E-state index contributed by atoms with van der Waals surface area (Å²) in [5, 5.41) is 15.1. The van der Waals surface area contributed by atoms with E-state index in [0.29, 0.717) is 12.5 Å². The Morgan fingerprint density at radius 2 is 2.37 bits per heavy atom. The number of aryl methyl sites for hydroxylation is 1. The summed E-state index contributed by atoms with van der Waals surface area (Å²) in [6.07, 6.45) is 6.97. The zero-order valence-electron chi connectivity index (χ0n) is 12.2. The van der Waals surface area contributed by atoms with Gasteiger partial charge in [0.2, 0.25) is 0 Å². The van der Waals surface area contributed by atoms with E-state index in [1.165, 1.54) is 19.3 Å². The summed E-state index contributed by atoms with van der Waals surface area (Å²) in [6, 6.07) is 1.93. The van der Waals surface area contributed by atoms with E-state index in [2.05, 4.69) is 12.0 Å². The lowest BCUT2D eigenvalue weighted by molar-refractivity contribution is -0.0212. The van der Waals surface area contributed by atoms with Crippen molar-refractivity contribution in [2.24, 2.45) is 17.1 Å². The van der Waals surface area contributed by atoms with Gasteiger partial charge in [0, 0.05) is 24.7 Å². The summed E-state index contributed by atoms with van der Waals surface area (Å²) in [4.78, 5) is 0. The topological polar surface area (TPSA) is 64.1 Å². The molecule has 0 aliphatic heterocycles. The molecule has 0 spiro atoms. The third-order valence-corrected chi connectivity index (χ3v) is 4.88. The molecule has 0 radical (unpaired) electrons. The molecule has 1 aliphatic carbocycles. The van der Waals surface area contributed by atoms with Crippen molar-refractivity contribution in [3.8, 4) is 0 Å². The lowest BCUT2D eigenvalue weighted by Crippen LogP contribution is -2.41. The van der Waals surface area contributed by atoms with Gasteiger partial charge in [0.15, 0.2) is 0 Å². The van der Waals surface area contributed by atoms with Crippen molar-refractivity contribution in [3.63, 3.8) is 0 Å². The Morgan fingerprint density at radius 1 is 1.58 bits per heavy atom. The highest BCUT2D eigenvalue weighted by Crippen LogP contribution is 2.47. The molecule has 1 aromatic heterocycles. The standard InChI is InChI=1S/C15H27N3O/c1-3-12-6-5-8-15(10-12,11-16)14(19)13-7-9-17-18(13)4-2/h7,9,12,14,19H,3-6,8,10-11,16H2,1-2H3. The van der Waals surface area contributed by atoms with Crippen LogP contribution in [0.25, 0.3) is 0 Å². The minimum atomic E-state index is -0.491. The average molecular weight is 265 g/mol. The van der Waals surface area contributed by atoms with Gasteiger partial charge in [-0.05, 0) is 31.7 Å². The van der Waals surface area contributed by atoms with Crippen LogP contribution >= 0.6 is 0 Å². The second kappa shape index (κ2) is 6.06. The molecule has 1 heterocycles. The van der Waals surface area contributed by atoms with Crippen LogP contribution < -0.4 is 5.73 Å². The minimum Gasteiger partial charge on any atom is -0.386 e. The Hall–Kier alpha value is -0.870. The van der Waals surface area contributed by atoms with Gasteiger partial charge in [-0.25, -0.2) is 0 Å². The first-order chi connectivity index (χ1) is 9.16. The van der Waals surface area contributed by atoms with E-state index in [1.54, 1.807) is 6.20 Å². The highest BCUT2D eigenvalue weighted by molar-refractivity contribution is 5.11. The van der Waals surface area contributed by atoms with Gasteiger partial charge in [0.05, 0.1) is 5.69 Å². The molecule has 3 unspecified atom stereocenters. The number of hydrogen-bond acceptors (Lipinski definition) is 3. The number of aliphatic hydroxyl groups is 1. The first-order valence-corrected chi connectivity index (χ1v) is 7.56. The second-order valence-electron chi connectivity index (χ2n) is 5.91. The van der Waals surface area contributed by atoms with Crippen molar-refractivity contribution >= 4 is 0 Å². The molecule has 3 atom stereocenters. The highest BCUT2D eigenvalue weighted by atomic mass is 16.3. The molecular formula is C15H27N3O. The van der Waals surface area contributed by atoms with Crippen LogP contribution in [0.1, 0.15) is 57.7 Å². The van der Waals surface area contributed by atoms with Gasteiger partial charge >= 0.3 is 0 Å². The fraction of sp³-hybridized carbons (Fsp3) is 0.800. The molecule has 1 fully saturated rings. The molecule has 4 nitrogen and oxygen atoms in total. The number of hydrogen-bond donors (Lipinski definition) is 2. The van der Waals surface area contributed by atoms with E-state index in [4.69, 9.17) is 5.73 Å². The van der Waals surface area contributed by atoms with Crippen molar-refractivity contribution in [1.29, 1.82) is 0 Å². The molecule has 2 rings (SSSR count). The molecule has 0 bridgehead atoms. The lowest BCUT2D eigenvalue weighted by Gasteiger charge is -2.43. The number of nitrogens with two attached hydrogens (primary N) is 1. The summed E-state index contributed by atoms with van der Waals surface area (Å²) in [5.41, 5.74) is 6.82.